The molecule has 3 heterocycles. The van der Waals surface area contributed by atoms with Gasteiger partial charge in [0.2, 0.25) is 0 Å². The van der Waals surface area contributed by atoms with Crippen molar-refractivity contribution in [2.45, 2.75) is 87.0 Å². The van der Waals surface area contributed by atoms with Gasteiger partial charge in [0.25, 0.3) is 0 Å². The number of aliphatic hydroxyl groups excluding tert-OH is 2. The zero-order valence-corrected chi connectivity index (χ0v) is 20.7. The van der Waals surface area contributed by atoms with Crippen LogP contribution < -0.4 is 0 Å². The van der Waals surface area contributed by atoms with Crippen LogP contribution in [0.3, 0.4) is 0 Å². The normalized spacial score (nSPS) is 48.5. The number of aliphatic hydroxyl groups is 2. The molecule has 9 atom stereocenters. The van der Waals surface area contributed by atoms with E-state index in [4.69, 9.17) is 4.74 Å². The second-order valence-electron chi connectivity index (χ2n) is 12.4. The van der Waals surface area contributed by atoms with E-state index in [0.29, 0.717) is 19.3 Å². The standard InChI is InChI=1S/C27H35FN4O3/c1-24-8-10-26(28)13-17-22(33)23(34)20(32(2)3)14-25(17)9-11-27(26,35-25)21(24)7-5-16(24)15-4-6-18-19(12-15)30-31-29-18/h4-6,12,17,20-23,33-34H,7-11,13-14H2,1-3H3,(H,29,30,31)/t17?,20-,21?,22+,23+,24+,25+,26?,27-/m0/s1. The average Bonchev–Trinajstić information content (AvgIpc) is 3.52. The number of aromatic amines is 1. The van der Waals surface area contributed by atoms with Crippen molar-refractivity contribution < 1.29 is 19.3 Å². The van der Waals surface area contributed by atoms with Gasteiger partial charge >= 0.3 is 0 Å². The number of nitrogens with zero attached hydrogens (tertiary/aromatic N) is 3. The number of hydrogen-bond donors (Lipinski definition) is 3. The number of ether oxygens (including phenoxy) is 1. The zero-order valence-electron chi connectivity index (χ0n) is 20.7. The number of aromatic nitrogens is 3. The Morgan fingerprint density at radius 3 is 2.74 bits per heavy atom. The maximum absolute atomic E-state index is 17.2. The summed E-state index contributed by atoms with van der Waals surface area (Å²) < 4.78 is 24.2. The molecular weight excluding hydrogens is 447 g/mol. The van der Waals surface area contributed by atoms with Crippen LogP contribution in [0.15, 0.2) is 24.3 Å². The lowest BCUT2D eigenvalue weighted by Crippen LogP contribution is -2.72. The van der Waals surface area contributed by atoms with Crippen molar-refractivity contribution in [3.8, 4) is 0 Å². The van der Waals surface area contributed by atoms with Crippen molar-refractivity contribution in [3.05, 3.63) is 29.8 Å². The van der Waals surface area contributed by atoms with E-state index in [2.05, 4.69) is 40.5 Å². The van der Waals surface area contributed by atoms with Gasteiger partial charge in [0.15, 0.2) is 0 Å². The summed E-state index contributed by atoms with van der Waals surface area (Å²) in [6.07, 6.45) is 4.71. The van der Waals surface area contributed by atoms with E-state index in [-0.39, 0.29) is 29.7 Å². The Bertz CT molecular complexity index is 1230. The lowest BCUT2D eigenvalue weighted by molar-refractivity contribution is -0.314. The molecule has 0 amide bonds. The topological polar surface area (TPSA) is 94.5 Å². The zero-order chi connectivity index (χ0) is 24.4. The smallest absolute Gasteiger partial charge is 0.140 e. The van der Waals surface area contributed by atoms with E-state index < -0.39 is 29.1 Å². The van der Waals surface area contributed by atoms with E-state index in [1.54, 1.807) is 0 Å². The predicted molar refractivity (Wildman–Crippen MR) is 129 cm³/mol. The molecule has 35 heavy (non-hydrogen) atoms. The van der Waals surface area contributed by atoms with Gasteiger partial charge in [0.05, 0.1) is 23.3 Å². The molecule has 7 nitrogen and oxygen atoms in total. The van der Waals surface area contributed by atoms with Crippen LogP contribution in [-0.4, -0.2) is 79.7 Å². The van der Waals surface area contributed by atoms with Crippen molar-refractivity contribution in [2.75, 3.05) is 14.1 Å². The fourth-order valence-corrected chi connectivity index (χ4v) is 9.02. The molecule has 4 fully saturated rings. The molecule has 2 aliphatic heterocycles. The summed E-state index contributed by atoms with van der Waals surface area (Å²) in [7, 11) is 3.86. The molecule has 2 bridgehead atoms. The summed E-state index contributed by atoms with van der Waals surface area (Å²) in [6, 6.07) is 6.01. The highest BCUT2D eigenvalue weighted by atomic mass is 19.1. The SMILES string of the molecule is CN(C)[C@H]1C[C@@]23CC[C@]4(O2)C2CC=C(c5ccc6nn[nH]c6c5)[C@@]2(C)CCC4(F)CC3[C@@H](O)[C@@H]1O. The molecule has 2 spiro atoms. The summed E-state index contributed by atoms with van der Waals surface area (Å²) in [5, 5.41) is 33.0. The molecule has 3 N–H and O–H groups in total. The highest BCUT2D eigenvalue weighted by Crippen LogP contribution is 2.72. The minimum Gasteiger partial charge on any atom is -0.390 e. The predicted octanol–water partition coefficient (Wildman–Crippen LogP) is 3.23. The van der Waals surface area contributed by atoms with Gasteiger partial charge in [-0.3, -0.25) is 5.10 Å². The summed E-state index contributed by atoms with van der Waals surface area (Å²) in [6.45, 7) is 2.29. The van der Waals surface area contributed by atoms with E-state index in [1.165, 1.54) is 5.57 Å². The molecule has 5 aliphatic rings. The maximum Gasteiger partial charge on any atom is 0.140 e. The molecule has 1 aromatic carbocycles. The molecule has 2 aromatic rings. The van der Waals surface area contributed by atoms with Gasteiger partial charge in [-0.15, -0.1) is 5.10 Å². The number of allylic oxidation sites excluding steroid dienone is 2. The van der Waals surface area contributed by atoms with Crippen molar-refractivity contribution in [1.82, 2.24) is 20.3 Å². The van der Waals surface area contributed by atoms with Crippen LogP contribution >= 0.6 is 0 Å². The lowest BCUT2D eigenvalue weighted by atomic mass is 9.51. The van der Waals surface area contributed by atoms with E-state index in [9.17, 15) is 10.2 Å². The Morgan fingerprint density at radius 2 is 1.94 bits per heavy atom. The minimum atomic E-state index is -1.49. The summed E-state index contributed by atoms with van der Waals surface area (Å²) in [5.74, 6) is -0.329. The molecule has 2 saturated heterocycles. The second-order valence-corrected chi connectivity index (χ2v) is 12.4. The first-order chi connectivity index (χ1) is 16.6. The number of rotatable bonds is 2. The minimum absolute atomic E-state index is 0.0430. The van der Waals surface area contributed by atoms with Crippen LogP contribution in [-0.2, 0) is 4.74 Å². The van der Waals surface area contributed by atoms with Gasteiger partial charge in [0.1, 0.15) is 16.8 Å². The Balaban J connectivity index is 1.28. The van der Waals surface area contributed by atoms with E-state index in [1.807, 2.05) is 25.1 Å². The Morgan fingerprint density at radius 1 is 1.11 bits per heavy atom. The Labute approximate surface area is 204 Å². The number of fused-ring (bicyclic) bond motifs is 2. The van der Waals surface area contributed by atoms with Crippen molar-refractivity contribution >= 4 is 16.6 Å². The first-order valence-electron chi connectivity index (χ1n) is 13.1. The van der Waals surface area contributed by atoms with Gasteiger partial charge in [-0.1, -0.05) is 24.3 Å². The fourth-order valence-electron chi connectivity index (χ4n) is 9.02. The Kier molecular flexibility index (Phi) is 4.41. The highest BCUT2D eigenvalue weighted by molar-refractivity contribution is 5.82. The molecule has 0 radical (unpaired) electrons. The summed E-state index contributed by atoms with van der Waals surface area (Å²) in [4.78, 5) is 1.98. The second kappa shape index (κ2) is 6.91. The van der Waals surface area contributed by atoms with Gasteiger partial charge in [-0.25, -0.2) is 4.39 Å². The number of likely N-dealkylation sites (N-methyl/N-ethyl adjacent to an activating group) is 1. The maximum atomic E-state index is 17.2. The van der Waals surface area contributed by atoms with Crippen molar-refractivity contribution in [1.29, 1.82) is 0 Å². The molecule has 3 aliphatic carbocycles. The third-order valence-electron chi connectivity index (χ3n) is 10.8. The number of nitrogens with one attached hydrogen (secondary N) is 1. The van der Waals surface area contributed by atoms with E-state index in [0.717, 1.165) is 35.9 Å². The molecule has 2 saturated carbocycles. The first kappa shape index (κ1) is 22.3. The number of benzene rings is 1. The molecule has 188 valence electrons. The van der Waals surface area contributed by atoms with Crippen molar-refractivity contribution in [3.63, 3.8) is 0 Å². The van der Waals surface area contributed by atoms with Gasteiger partial charge < -0.3 is 19.8 Å². The molecule has 8 heteroatoms. The molecule has 1 aromatic heterocycles. The van der Waals surface area contributed by atoms with Gasteiger partial charge in [-0.05, 0) is 87.7 Å². The quantitative estimate of drug-likeness (QED) is 0.609. The lowest BCUT2D eigenvalue weighted by Gasteiger charge is -2.64. The summed E-state index contributed by atoms with van der Waals surface area (Å²) in [5.41, 5.74) is 1.04. The molecule has 3 unspecified atom stereocenters. The number of H-pyrrole nitrogens is 1. The number of halogens is 1. The van der Waals surface area contributed by atoms with Crippen LogP contribution in [0.5, 0.6) is 0 Å². The Hall–Kier alpha value is -1.87. The number of alkyl halides is 1. The average molecular weight is 483 g/mol. The van der Waals surface area contributed by atoms with Crippen LogP contribution in [0, 0.1) is 17.3 Å². The third kappa shape index (κ3) is 2.64. The van der Waals surface area contributed by atoms with Crippen LogP contribution in [0.2, 0.25) is 0 Å². The van der Waals surface area contributed by atoms with Crippen LogP contribution in [0.25, 0.3) is 16.6 Å². The van der Waals surface area contributed by atoms with Crippen LogP contribution in [0.4, 0.5) is 4.39 Å². The first-order valence-corrected chi connectivity index (χ1v) is 13.1. The molecule has 7 rings (SSSR count). The summed E-state index contributed by atoms with van der Waals surface area (Å²) >= 11 is 0. The van der Waals surface area contributed by atoms with Gasteiger partial charge in [-0.2, -0.15) is 0 Å². The monoisotopic (exact) mass is 482 g/mol. The third-order valence-corrected chi connectivity index (χ3v) is 10.8. The molecular formula is C27H35FN4O3. The highest BCUT2D eigenvalue weighted by Gasteiger charge is 2.77. The number of hydrogen-bond acceptors (Lipinski definition) is 6. The fraction of sp³-hybridized carbons (Fsp3) is 0.704. The largest absolute Gasteiger partial charge is 0.390 e. The van der Waals surface area contributed by atoms with Crippen LogP contribution in [0.1, 0.15) is 57.4 Å². The van der Waals surface area contributed by atoms with Gasteiger partial charge in [0, 0.05) is 17.9 Å². The van der Waals surface area contributed by atoms with E-state index >= 15 is 4.39 Å². The van der Waals surface area contributed by atoms with Crippen molar-refractivity contribution in [2.24, 2.45) is 17.3 Å².